The van der Waals surface area contributed by atoms with Gasteiger partial charge in [-0.05, 0) is 0 Å². The van der Waals surface area contributed by atoms with Crippen LogP contribution in [0.3, 0.4) is 0 Å². The molecule has 0 saturated carbocycles. The zero-order valence-corrected chi connectivity index (χ0v) is 6.56. The van der Waals surface area contributed by atoms with Crippen molar-refractivity contribution in [3.63, 3.8) is 0 Å². The average Bonchev–Trinajstić information content (AvgIpc) is 2.12. The van der Waals surface area contributed by atoms with Gasteiger partial charge in [0.15, 0.2) is 0 Å². The van der Waals surface area contributed by atoms with Crippen LogP contribution in [-0.2, 0) is 6.54 Å². The monoisotopic (exact) mass is 202 g/mol. The Hall–Kier alpha value is -0.980. The Morgan fingerprint density at radius 3 is 2.42 bits per heavy atom. The zero-order valence-electron chi connectivity index (χ0n) is 5.75. The molecular weight excluding hydrogens is 197 g/mol. The molecule has 0 aliphatic rings. The summed E-state index contributed by atoms with van der Waals surface area (Å²) in [6.07, 6.45) is -3.33. The minimum absolute atomic E-state index is 0. The van der Waals surface area contributed by atoms with E-state index in [0.717, 1.165) is 6.33 Å². The first kappa shape index (κ1) is 11.0. The predicted molar refractivity (Wildman–Crippen MR) is 37.7 cm³/mol. The fourth-order valence-electron chi connectivity index (χ4n) is 0.565. The quantitative estimate of drug-likeness (QED) is 0.734. The maximum Gasteiger partial charge on any atom is 0.408 e. The van der Waals surface area contributed by atoms with Gasteiger partial charge in [-0.25, -0.2) is 9.67 Å². The molecule has 1 aromatic rings. The molecule has 8 heteroatoms. The Labute approximate surface area is 72.0 Å². The van der Waals surface area contributed by atoms with Gasteiger partial charge in [-0.3, -0.25) is 0 Å². The summed E-state index contributed by atoms with van der Waals surface area (Å²) in [5.41, 5.74) is 5.04. The highest BCUT2D eigenvalue weighted by Crippen LogP contribution is 2.17. The molecule has 0 aliphatic carbocycles. The zero-order chi connectivity index (χ0) is 8.48. The summed E-state index contributed by atoms with van der Waals surface area (Å²) in [5.74, 6) is -0.234. The van der Waals surface area contributed by atoms with Crippen LogP contribution in [0.25, 0.3) is 0 Å². The summed E-state index contributed by atoms with van der Waals surface area (Å²) in [4.78, 5) is 3.33. The van der Waals surface area contributed by atoms with Gasteiger partial charge in [-0.2, -0.15) is 18.3 Å². The predicted octanol–water partition coefficient (Wildman–Crippen LogP) is 0.844. The molecule has 0 aliphatic heterocycles. The van der Waals surface area contributed by atoms with E-state index in [2.05, 4.69) is 10.1 Å². The van der Waals surface area contributed by atoms with E-state index in [1.165, 1.54) is 0 Å². The van der Waals surface area contributed by atoms with Gasteiger partial charge in [0.05, 0.1) is 0 Å². The van der Waals surface area contributed by atoms with E-state index in [1.54, 1.807) is 0 Å². The maximum absolute atomic E-state index is 11.7. The third-order valence-corrected chi connectivity index (χ3v) is 0.975. The van der Waals surface area contributed by atoms with Crippen molar-refractivity contribution in [2.75, 3.05) is 5.73 Å². The third kappa shape index (κ3) is 2.95. The lowest BCUT2D eigenvalue weighted by molar-refractivity contribution is -0.142. The molecule has 12 heavy (non-hydrogen) atoms. The lowest BCUT2D eigenvalue weighted by Crippen LogP contribution is -2.20. The smallest absolute Gasteiger partial charge is 0.368 e. The normalized spacial score (nSPS) is 10.9. The molecule has 0 spiro atoms. The van der Waals surface area contributed by atoms with E-state index < -0.39 is 12.7 Å². The number of alkyl halides is 3. The molecule has 0 aromatic carbocycles. The van der Waals surface area contributed by atoms with Gasteiger partial charge in [0.25, 0.3) is 0 Å². The van der Waals surface area contributed by atoms with E-state index in [-0.39, 0.29) is 18.4 Å². The number of nitrogen functional groups attached to an aromatic ring is 1. The SMILES string of the molecule is Cl.Nc1ncnn1CC(F)(F)F. The van der Waals surface area contributed by atoms with Gasteiger partial charge in [-0.1, -0.05) is 0 Å². The standard InChI is InChI=1S/C4H5F3N4.ClH/c5-4(6,7)1-11-3(8)9-2-10-11;/h2H,1H2,(H2,8,9,10);1H. The van der Waals surface area contributed by atoms with Crippen molar-refractivity contribution in [1.29, 1.82) is 0 Å². The number of anilines is 1. The van der Waals surface area contributed by atoms with Crippen LogP contribution in [0.4, 0.5) is 19.1 Å². The Morgan fingerprint density at radius 1 is 1.50 bits per heavy atom. The minimum atomic E-state index is -4.30. The van der Waals surface area contributed by atoms with Crippen molar-refractivity contribution in [2.45, 2.75) is 12.7 Å². The molecule has 4 nitrogen and oxygen atoms in total. The largest absolute Gasteiger partial charge is 0.408 e. The Balaban J connectivity index is 0.00000121. The van der Waals surface area contributed by atoms with E-state index >= 15 is 0 Å². The topological polar surface area (TPSA) is 56.7 Å². The summed E-state index contributed by atoms with van der Waals surface area (Å²) in [5, 5.41) is 3.26. The third-order valence-electron chi connectivity index (χ3n) is 0.975. The van der Waals surface area contributed by atoms with Crippen molar-refractivity contribution in [3.8, 4) is 0 Å². The molecule has 70 valence electrons. The van der Waals surface area contributed by atoms with E-state index in [9.17, 15) is 13.2 Å². The van der Waals surface area contributed by atoms with Crippen LogP contribution in [0, 0.1) is 0 Å². The molecule has 0 atom stereocenters. The van der Waals surface area contributed by atoms with E-state index in [1.807, 2.05) is 0 Å². The van der Waals surface area contributed by atoms with Crippen LogP contribution in [0.2, 0.25) is 0 Å². The number of aromatic nitrogens is 3. The number of hydrogen-bond donors (Lipinski definition) is 1. The molecule has 0 radical (unpaired) electrons. The Bertz CT molecular complexity index is 245. The van der Waals surface area contributed by atoms with Crippen molar-refractivity contribution in [1.82, 2.24) is 14.8 Å². The van der Waals surface area contributed by atoms with Crippen LogP contribution in [0.1, 0.15) is 0 Å². The van der Waals surface area contributed by atoms with Gasteiger partial charge in [0.2, 0.25) is 5.95 Å². The van der Waals surface area contributed by atoms with Crippen LogP contribution < -0.4 is 5.73 Å². The highest BCUT2D eigenvalue weighted by Gasteiger charge is 2.29. The Kier molecular flexibility index (Phi) is 3.32. The van der Waals surface area contributed by atoms with Gasteiger partial charge < -0.3 is 5.73 Å². The molecule has 0 bridgehead atoms. The van der Waals surface area contributed by atoms with Crippen LogP contribution in [-0.4, -0.2) is 20.9 Å². The summed E-state index contributed by atoms with van der Waals surface area (Å²) in [6.45, 7) is -1.20. The van der Waals surface area contributed by atoms with E-state index in [4.69, 9.17) is 5.73 Å². The second-order valence-corrected chi connectivity index (χ2v) is 1.89. The van der Waals surface area contributed by atoms with Crippen molar-refractivity contribution >= 4 is 18.4 Å². The molecule has 1 rings (SSSR count). The van der Waals surface area contributed by atoms with E-state index in [0.29, 0.717) is 4.68 Å². The number of nitrogens with two attached hydrogens (primary N) is 1. The van der Waals surface area contributed by atoms with Crippen molar-refractivity contribution in [3.05, 3.63) is 6.33 Å². The number of halogens is 4. The fourth-order valence-corrected chi connectivity index (χ4v) is 0.565. The second-order valence-electron chi connectivity index (χ2n) is 1.89. The number of hydrogen-bond acceptors (Lipinski definition) is 3. The molecule has 0 amide bonds. The number of nitrogens with zero attached hydrogens (tertiary/aromatic N) is 3. The first-order valence-corrected chi connectivity index (χ1v) is 2.69. The molecular formula is C4H6ClF3N4. The lowest BCUT2D eigenvalue weighted by Gasteiger charge is -2.05. The Morgan fingerprint density at radius 2 is 2.08 bits per heavy atom. The summed E-state index contributed by atoms with van der Waals surface area (Å²) in [6, 6.07) is 0. The van der Waals surface area contributed by atoms with Crippen molar-refractivity contribution in [2.24, 2.45) is 0 Å². The average molecular weight is 203 g/mol. The molecule has 1 heterocycles. The molecule has 0 unspecified atom stereocenters. The molecule has 0 saturated heterocycles. The molecule has 1 aromatic heterocycles. The van der Waals surface area contributed by atoms with Gasteiger partial charge >= 0.3 is 6.18 Å². The first-order chi connectivity index (χ1) is 4.99. The first-order valence-electron chi connectivity index (χ1n) is 2.69. The van der Waals surface area contributed by atoms with Crippen LogP contribution >= 0.6 is 12.4 Å². The second kappa shape index (κ2) is 3.61. The van der Waals surface area contributed by atoms with Gasteiger partial charge in [0, 0.05) is 0 Å². The van der Waals surface area contributed by atoms with Crippen LogP contribution in [0.5, 0.6) is 0 Å². The van der Waals surface area contributed by atoms with Crippen molar-refractivity contribution < 1.29 is 13.2 Å². The summed E-state index contributed by atoms with van der Waals surface area (Å²) in [7, 11) is 0. The molecule has 0 fully saturated rings. The summed E-state index contributed by atoms with van der Waals surface area (Å²) >= 11 is 0. The highest BCUT2D eigenvalue weighted by molar-refractivity contribution is 5.85. The van der Waals surface area contributed by atoms with Gasteiger partial charge in [-0.15, -0.1) is 12.4 Å². The summed E-state index contributed by atoms with van der Waals surface area (Å²) < 4.78 is 35.5. The van der Waals surface area contributed by atoms with Gasteiger partial charge in [0.1, 0.15) is 12.9 Å². The van der Waals surface area contributed by atoms with Crippen LogP contribution in [0.15, 0.2) is 6.33 Å². The lowest BCUT2D eigenvalue weighted by atomic mass is 10.6. The minimum Gasteiger partial charge on any atom is -0.368 e. The number of rotatable bonds is 1. The maximum atomic E-state index is 11.7. The highest BCUT2D eigenvalue weighted by atomic mass is 35.5. The fraction of sp³-hybridized carbons (Fsp3) is 0.500. The molecule has 2 N–H and O–H groups in total.